The molecule has 0 spiro atoms. The van der Waals surface area contributed by atoms with Gasteiger partial charge in [-0.25, -0.2) is 9.97 Å². The van der Waals surface area contributed by atoms with Crippen molar-refractivity contribution in [3.8, 4) is 6.07 Å². The number of anilines is 2. The maximum absolute atomic E-state index is 12.5. The average Bonchev–Trinajstić information content (AvgIpc) is 2.67. The molecule has 0 unspecified atom stereocenters. The molecular formula is C20H16ClN5O. The summed E-state index contributed by atoms with van der Waals surface area (Å²) in [7, 11) is 0. The minimum absolute atomic E-state index is 0.228. The number of carbonyl (C=O) groups is 1. The van der Waals surface area contributed by atoms with Crippen molar-refractivity contribution in [1.29, 1.82) is 5.26 Å². The fourth-order valence-corrected chi connectivity index (χ4v) is 2.67. The molecular weight excluding hydrogens is 362 g/mol. The third kappa shape index (κ3) is 4.81. The van der Waals surface area contributed by atoms with Crippen LogP contribution in [0.2, 0.25) is 5.02 Å². The Morgan fingerprint density at radius 3 is 2.74 bits per heavy atom. The van der Waals surface area contributed by atoms with E-state index in [1.165, 1.54) is 0 Å². The highest BCUT2D eigenvalue weighted by Gasteiger charge is 2.11. The fraction of sp³-hybridized carbons (Fsp3) is 0.100. The van der Waals surface area contributed by atoms with Gasteiger partial charge in [0.15, 0.2) is 0 Å². The van der Waals surface area contributed by atoms with Crippen LogP contribution in [-0.2, 0) is 6.54 Å². The van der Waals surface area contributed by atoms with Crippen molar-refractivity contribution in [1.82, 2.24) is 9.97 Å². The summed E-state index contributed by atoms with van der Waals surface area (Å²) in [5.41, 5.74) is 2.15. The molecule has 0 aliphatic heterocycles. The second kappa shape index (κ2) is 8.30. The van der Waals surface area contributed by atoms with Crippen LogP contribution in [0.15, 0.2) is 54.6 Å². The molecule has 0 aliphatic rings. The number of rotatable bonds is 5. The van der Waals surface area contributed by atoms with Crippen molar-refractivity contribution in [2.75, 3.05) is 10.6 Å². The Morgan fingerprint density at radius 2 is 1.96 bits per heavy atom. The van der Waals surface area contributed by atoms with Gasteiger partial charge in [0, 0.05) is 23.3 Å². The standard InChI is InChI=1S/C20H16ClN5O/c1-13-24-18(20(27)26-16-7-4-5-14(9-16)11-22)10-19(25-13)23-12-15-6-2-3-8-17(15)21/h2-10H,12H2,1H3,(H,26,27)(H,23,24,25). The van der Waals surface area contributed by atoms with Crippen LogP contribution in [0.4, 0.5) is 11.5 Å². The smallest absolute Gasteiger partial charge is 0.274 e. The lowest BCUT2D eigenvalue weighted by atomic mass is 10.2. The molecule has 1 amide bonds. The second-order valence-corrected chi connectivity index (χ2v) is 6.18. The number of amides is 1. The van der Waals surface area contributed by atoms with Crippen molar-refractivity contribution in [2.45, 2.75) is 13.5 Å². The Kier molecular flexibility index (Phi) is 5.64. The maximum atomic E-state index is 12.5. The van der Waals surface area contributed by atoms with E-state index >= 15 is 0 Å². The SMILES string of the molecule is Cc1nc(NCc2ccccc2Cl)cc(C(=O)Nc2cccc(C#N)c2)n1. The summed E-state index contributed by atoms with van der Waals surface area (Å²) in [5, 5.41) is 15.5. The van der Waals surface area contributed by atoms with Gasteiger partial charge in [-0.2, -0.15) is 5.26 Å². The molecule has 1 heterocycles. The Morgan fingerprint density at radius 1 is 1.15 bits per heavy atom. The number of nitrogens with zero attached hydrogens (tertiary/aromatic N) is 3. The van der Waals surface area contributed by atoms with E-state index in [1.54, 1.807) is 37.3 Å². The topological polar surface area (TPSA) is 90.7 Å². The first kappa shape index (κ1) is 18.4. The molecule has 27 heavy (non-hydrogen) atoms. The van der Waals surface area contributed by atoms with Crippen LogP contribution in [-0.4, -0.2) is 15.9 Å². The van der Waals surface area contributed by atoms with Crippen molar-refractivity contribution in [3.63, 3.8) is 0 Å². The van der Waals surface area contributed by atoms with Gasteiger partial charge in [-0.15, -0.1) is 0 Å². The first-order chi connectivity index (χ1) is 13.0. The van der Waals surface area contributed by atoms with Gasteiger partial charge < -0.3 is 10.6 Å². The van der Waals surface area contributed by atoms with Gasteiger partial charge in [0.2, 0.25) is 0 Å². The van der Waals surface area contributed by atoms with Crippen LogP contribution >= 0.6 is 11.6 Å². The molecule has 6 nitrogen and oxygen atoms in total. The summed E-state index contributed by atoms with van der Waals surface area (Å²) < 4.78 is 0. The largest absolute Gasteiger partial charge is 0.366 e. The Bertz CT molecular complexity index is 1030. The number of carbonyl (C=O) groups excluding carboxylic acids is 1. The zero-order valence-corrected chi connectivity index (χ0v) is 15.3. The van der Waals surface area contributed by atoms with Gasteiger partial charge in [0.1, 0.15) is 17.3 Å². The van der Waals surface area contributed by atoms with E-state index in [2.05, 4.69) is 20.6 Å². The van der Waals surface area contributed by atoms with Crippen molar-refractivity contribution in [3.05, 3.63) is 82.3 Å². The van der Waals surface area contributed by atoms with Gasteiger partial charge in [-0.1, -0.05) is 35.9 Å². The molecule has 134 valence electrons. The fourth-order valence-electron chi connectivity index (χ4n) is 2.46. The second-order valence-electron chi connectivity index (χ2n) is 5.78. The average molecular weight is 378 g/mol. The lowest BCUT2D eigenvalue weighted by molar-refractivity contribution is 0.102. The minimum Gasteiger partial charge on any atom is -0.366 e. The molecule has 0 radical (unpaired) electrons. The molecule has 2 aromatic carbocycles. The summed E-state index contributed by atoms with van der Waals surface area (Å²) in [5.74, 6) is 0.616. The zero-order valence-electron chi connectivity index (χ0n) is 14.5. The van der Waals surface area contributed by atoms with Gasteiger partial charge in [0.25, 0.3) is 5.91 Å². The molecule has 0 fully saturated rings. The van der Waals surface area contributed by atoms with E-state index in [9.17, 15) is 4.79 Å². The number of aromatic nitrogens is 2. The first-order valence-corrected chi connectivity index (χ1v) is 8.57. The number of hydrogen-bond donors (Lipinski definition) is 2. The summed E-state index contributed by atoms with van der Waals surface area (Å²) in [6, 6.07) is 17.8. The number of hydrogen-bond acceptors (Lipinski definition) is 5. The molecule has 3 rings (SSSR count). The van der Waals surface area contributed by atoms with Gasteiger partial charge in [0.05, 0.1) is 11.6 Å². The van der Waals surface area contributed by atoms with Gasteiger partial charge >= 0.3 is 0 Å². The Hall–Kier alpha value is -3.43. The number of nitriles is 1. The third-order valence-corrected chi connectivity index (χ3v) is 4.11. The van der Waals surface area contributed by atoms with Crippen LogP contribution in [0.5, 0.6) is 0 Å². The Balaban J connectivity index is 1.75. The lowest BCUT2D eigenvalue weighted by Crippen LogP contribution is -2.16. The molecule has 0 atom stereocenters. The van der Waals surface area contributed by atoms with Crippen LogP contribution < -0.4 is 10.6 Å². The quantitative estimate of drug-likeness (QED) is 0.696. The van der Waals surface area contributed by atoms with Crippen molar-refractivity contribution >= 4 is 29.0 Å². The highest BCUT2D eigenvalue weighted by Crippen LogP contribution is 2.17. The monoisotopic (exact) mass is 377 g/mol. The minimum atomic E-state index is -0.378. The lowest BCUT2D eigenvalue weighted by Gasteiger charge is -2.10. The molecule has 0 aliphatic carbocycles. The first-order valence-electron chi connectivity index (χ1n) is 8.19. The molecule has 0 saturated heterocycles. The third-order valence-electron chi connectivity index (χ3n) is 3.74. The Labute approximate surface area is 161 Å². The van der Waals surface area contributed by atoms with Crippen LogP contribution in [0.3, 0.4) is 0 Å². The number of halogens is 1. The number of benzene rings is 2. The molecule has 3 aromatic rings. The van der Waals surface area contributed by atoms with Gasteiger partial charge in [-0.3, -0.25) is 4.79 Å². The maximum Gasteiger partial charge on any atom is 0.274 e. The molecule has 0 bridgehead atoms. The highest BCUT2D eigenvalue weighted by atomic mass is 35.5. The normalized spacial score (nSPS) is 10.1. The zero-order chi connectivity index (χ0) is 19.2. The van der Waals surface area contributed by atoms with E-state index in [0.29, 0.717) is 34.5 Å². The van der Waals surface area contributed by atoms with E-state index in [-0.39, 0.29) is 11.6 Å². The summed E-state index contributed by atoms with van der Waals surface area (Å²) in [6.07, 6.45) is 0. The predicted molar refractivity (Wildman–Crippen MR) is 105 cm³/mol. The van der Waals surface area contributed by atoms with E-state index in [0.717, 1.165) is 5.56 Å². The van der Waals surface area contributed by atoms with Crippen molar-refractivity contribution < 1.29 is 4.79 Å². The van der Waals surface area contributed by atoms with E-state index < -0.39 is 0 Å². The van der Waals surface area contributed by atoms with Crippen LogP contribution in [0.1, 0.15) is 27.4 Å². The molecule has 1 aromatic heterocycles. The van der Waals surface area contributed by atoms with Crippen LogP contribution in [0.25, 0.3) is 0 Å². The van der Waals surface area contributed by atoms with E-state index in [1.807, 2.05) is 30.3 Å². The molecule has 0 saturated carbocycles. The van der Waals surface area contributed by atoms with Crippen molar-refractivity contribution in [2.24, 2.45) is 0 Å². The number of nitrogens with one attached hydrogen (secondary N) is 2. The van der Waals surface area contributed by atoms with E-state index in [4.69, 9.17) is 16.9 Å². The molecule has 2 N–H and O–H groups in total. The highest BCUT2D eigenvalue weighted by molar-refractivity contribution is 6.31. The summed E-state index contributed by atoms with van der Waals surface area (Å²) in [4.78, 5) is 21.0. The summed E-state index contributed by atoms with van der Waals surface area (Å²) >= 11 is 6.16. The molecule has 7 heteroatoms. The van der Waals surface area contributed by atoms with Gasteiger partial charge in [-0.05, 0) is 36.8 Å². The summed E-state index contributed by atoms with van der Waals surface area (Å²) in [6.45, 7) is 2.19. The number of aryl methyl sites for hydroxylation is 1. The predicted octanol–water partition coefficient (Wildman–Crippen LogP) is 4.17. The van der Waals surface area contributed by atoms with Crippen LogP contribution in [0, 0.1) is 18.3 Å².